The van der Waals surface area contributed by atoms with E-state index in [1.165, 1.54) is 4.90 Å². The molecule has 0 radical (unpaired) electrons. The first-order valence-electron chi connectivity index (χ1n) is 8.71. The van der Waals surface area contributed by atoms with Gasteiger partial charge in [-0.25, -0.2) is 4.90 Å². The number of halogens is 1. The average molecular weight is 437 g/mol. The number of imide groups is 1. The highest BCUT2D eigenvalue weighted by atomic mass is 79.9. The fourth-order valence-electron chi connectivity index (χ4n) is 3.15. The zero-order valence-corrected chi connectivity index (χ0v) is 17.0. The quantitative estimate of drug-likeness (QED) is 0.536. The minimum Gasteiger partial charge on any atom is -0.443 e. The number of fused-ring (bicyclic) bond motifs is 1. The number of benzene rings is 1. The Balaban J connectivity index is 1.76. The average Bonchev–Trinajstić information content (AvgIpc) is 2.92. The number of amides is 3. The van der Waals surface area contributed by atoms with Crippen molar-refractivity contribution in [3.63, 3.8) is 0 Å². The molecule has 0 aliphatic carbocycles. The normalized spacial score (nSPS) is 20.1. The number of carbonyl (C=O) groups is 4. The lowest BCUT2D eigenvalue weighted by atomic mass is 9.97. The Hall–Kier alpha value is -2.22. The highest BCUT2D eigenvalue weighted by molar-refractivity contribution is 9.10. The fraction of sp³-hybridized carbons (Fsp3) is 0.474. The van der Waals surface area contributed by atoms with E-state index in [0.29, 0.717) is 12.1 Å². The van der Waals surface area contributed by atoms with Crippen LogP contribution in [-0.2, 0) is 25.7 Å². The first-order valence-corrected chi connectivity index (χ1v) is 9.50. The number of hydrogen-bond donors (Lipinski definition) is 0. The Bertz CT molecular complexity index is 830. The van der Waals surface area contributed by atoms with Gasteiger partial charge in [-0.1, -0.05) is 22.0 Å². The minimum absolute atomic E-state index is 0.116. The van der Waals surface area contributed by atoms with Gasteiger partial charge in [0.05, 0.1) is 5.41 Å². The number of piperidine rings is 1. The van der Waals surface area contributed by atoms with Crippen LogP contribution < -0.4 is 0 Å². The van der Waals surface area contributed by atoms with Crippen LogP contribution in [0.25, 0.3) is 0 Å². The topological polar surface area (TPSA) is 84.0 Å². The van der Waals surface area contributed by atoms with E-state index in [4.69, 9.17) is 4.74 Å². The molecule has 0 spiro atoms. The minimum atomic E-state index is -0.747. The third-order valence-corrected chi connectivity index (χ3v) is 5.48. The van der Waals surface area contributed by atoms with Crippen molar-refractivity contribution in [1.29, 1.82) is 0 Å². The molecule has 7 nitrogen and oxygen atoms in total. The standard InChI is InChI=1S/C19H21BrN2O5/c1-19(2,3)18(26)27-10-22-15(23)8-7-14(17(22)25)21-9-12-11(16(21)24)5-4-6-13(12)20/h4-6,14H,7-10H2,1-3H3. The van der Waals surface area contributed by atoms with Gasteiger partial charge < -0.3 is 9.64 Å². The second kappa shape index (κ2) is 7.07. The molecule has 8 heteroatoms. The molecule has 0 saturated carbocycles. The molecule has 2 aliphatic rings. The molecule has 0 bridgehead atoms. The second-order valence-electron chi connectivity index (χ2n) is 7.72. The van der Waals surface area contributed by atoms with Gasteiger partial charge in [0.25, 0.3) is 11.8 Å². The summed E-state index contributed by atoms with van der Waals surface area (Å²) in [6.45, 7) is 4.95. The Morgan fingerprint density at radius 2 is 1.96 bits per heavy atom. The van der Waals surface area contributed by atoms with Gasteiger partial charge in [0.1, 0.15) is 6.04 Å². The van der Waals surface area contributed by atoms with Crippen molar-refractivity contribution in [2.24, 2.45) is 5.41 Å². The Labute approximate surface area is 165 Å². The number of esters is 1. The maximum Gasteiger partial charge on any atom is 0.312 e. The van der Waals surface area contributed by atoms with Crippen molar-refractivity contribution in [3.8, 4) is 0 Å². The van der Waals surface area contributed by atoms with Crippen LogP contribution in [0.3, 0.4) is 0 Å². The number of nitrogens with zero attached hydrogens (tertiary/aromatic N) is 2. The largest absolute Gasteiger partial charge is 0.443 e. The van der Waals surface area contributed by atoms with Crippen molar-refractivity contribution in [2.75, 3.05) is 6.73 Å². The van der Waals surface area contributed by atoms with Crippen molar-refractivity contribution < 1.29 is 23.9 Å². The zero-order valence-electron chi connectivity index (χ0n) is 15.5. The highest BCUT2D eigenvalue weighted by Gasteiger charge is 2.43. The number of rotatable bonds is 3. The lowest BCUT2D eigenvalue weighted by molar-refractivity contribution is -0.168. The molecule has 3 rings (SSSR count). The van der Waals surface area contributed by atoms with Crippen LogP contribution >= 0.6 is 15.9 Å². The van der Waals surface area contributed by atoms with Crippen LogP contribution in [0.4, 0.5) is 0 Å². The van der Waals surface area contributed by atoms with Crippen molar-refractivity contribution in [3.05, 3.63) is 33.8 Å². The van der Waals surface area contributed by atoms with Crippen LogP contribution in [0.2, 0.25) is 0 Å². The van der Waals surface area contributed by atoms with E-state index in [-0.39, 0.29) is 18.7 Å². The molecule has 1 aromatic carbocycles. The van der Waals surface area contributed by atoms with Gasteiger partial charge in [0.2, 0.25) is 5.91 Å². The fourth-order valence-corrected chi connectivity index (χ4v) is 3.65. The molecular formula is C19H21BrN2O5. The molecule has 3 amide bonds. The molecule has 1 aromatic rings. The Kier molecular flexibility index (Phi) is 5.12. The molecule has 2 heterocycles. The van der Waals surface area contributed by atoms with E-state index >= 15 is 0 Å². The van der Waals surface area contributed by atoms with E-state index in [1.807, 2.05) is 6.07 Å². The predicted octanol–water partition coefficient (Wildman–Crippen LogP) is 2.47. The molecule has 0 N–H and O–H groups in total. The van der Waals surface area contributed by atoms with Crippen LogP contribution in [0.15, 0.2) is 22.7 Å². The molecule has 1 unspecified atom stereocenters. The highest BCUT2D eigenvalue weighted by Crippen LogP contribution is 2.33. The van der Waals surface area contributed by atoms with Crippen LogP contribution in [0, 0.1) is 5.41 Å². The predicted molar refractivity (Wildman–Crippen MR) is 99.3 cm³/mol. The molecule has 1 atom stereocenters. The summed E-state index contributed by atoms with van der Waals surface area (Å²) in [6.07, 6.45) is 0.378. The van der Waals surface area contributed by atoms with Gasteiger partial charge in [-0.15, -0.1) is 0 Å². The van der Waals surface area contributed by atoms with E-state index < -0.39 is 36.0 Å². The van der Waals surface area contributed by atoms with Crippen molar-refractivity contribution >= 4 is 39.6 Å². The maximum absolute atomic E-state index is 12.9. The summed E-state index contributed by atoms with van der Waals surface area (Å²) in [5.41, 5.74) is 0.651. The second-order valence-corrected chi connectivity index (χ2v) is 8.58. The Morgan fingerprint density at radius 1 is 1.26 bits per heavy atom. The number of ether oxygens (including phenoxy) is 1. The third-order valence-electron chi connectivity index (χ3n) is 4.74. The van der Waals surface area contributed by atoms with Crippen molar-refractivity contribution in [1.82, 2.24) is 9.80 Å². The van der Waals surface area contributed by atoms with Crippen LogP contribution in [0.1, 0.15) is 49.5 Å². The first kappa shape index (κ1) is 19.5. The summed E-state index contributed by atoms with van der Waals surface area (Å²) in [4.78, 5) is 52.2. The number of hydrogen-bond acceptors (Lipinski definition) is 5. The summed E-state index contributed by atoms with van der Waals surface area (Å²) in [6, 6.07) is 4.60. The third kappa shape index (κ3) is 3.63. The van der Waals surface area contributed by atoms with Gasteiger partial charge in [0.15, 0.2) is 6.73 Å². The summed E-state index contributed by atoms with van der Waals surface area (Å²) in [5.74, 6) is -1.64. The van der Waals surface area contributed by atoms with E-state index in [1.54, 1.807) is 32.9 Å². The molecule has 144 valence electrons. The molecular weight excluding hydrogens is 416 g/mol. The number of carbonyl (C=O) groups excluding carboxylic acids is 4. The summed E-state index contributed by atoms with van der Waals surface area (Å²) >= 11 is 3.44. The summed E-state index contributed by atoms with van der Waals surface area (Å²) in [7, 11) is 0. The first-order chi connectivity index (χ1) is 12.6. The van der Waals surface area contributed by atoms with Gasteiger partial charge in [0, 0.05) is 23.0 Å². The van der Waals surface area contributed by atoms with Gasteiger partial charge in [-0.05, 0) is 44.9 Å². The smallest absolute Gasteiger partial charge is 0.312 e. The Morgan fingerprint density at radius 3 is 2.59 bits per heavy atom. The molecule has 1 saturated heterocycles. The van der Waals surface area contributed by atoms with E-state index in [9.17, 15) is 19.2 Å². The van der Waals surface area contributed by atoms with Crippen LogP contribution in [0.5, 0.6) is 0 Å². The number of likely N-dealkylation sites (tertiary alicyclic amines) is 1. The monoisotopic (exact) mass is 436 g/mol. The van der Waals surface area contributed by atoms with Gasteiger partial charge in [-0.2, -0.15) is 0 Å². The van der Waals surface area contributed by atoms with E-state index in [0.717, 1.165) is 14.9 Å². The maximum atomic E-state index is 12.9. The van der Waals surface area contributed by atoms with Crippen molar-refractivity contribution in [2.45, 2.75) is 46.2 Å². The molecule has 27 heavy (non-hydrogen) atoms. The SMILES string of the molecule is CC(C)(C)C(=O)OCN1C(=O)CCC(N2Cc3c(Br)cccc3C2=O)C1=O. The molecule has 1 fully saturated rings. The lowest BCUT2D eigenvalue weighted by Gasteiger charge is -2.35. The summed E-state index contributed by atoms with van der Waals surface area (Å²) in [5, 5.41) is 0. The summed E-state index contributed by atoms with van der Waals surface area (Å²) < 4.78 is 5.95. The molecule has 0 aromatic heterocycles. The van der Waals surface area contributed by atoms with E-state index in [2.05, 4.69) is 15.9 Å². The van der Waals surface area contributed by atoms with Crippen LogP contribution in [-0.4, -0.2) is 46.3 Å². The molecule has 2 aliphatic heterocycles. The lowest BCUT2D eigenvalue weighted by Crippen LogP contribution is -2.55. The van der Waals surface area contributed by atoms with Gasteiger partial charge >= 0.3 is 5.97 Å². The zero-order chi connectivity index (χ0) is 19.9. The van der Waals surface area contributed by atoms with Gasteiger partial charge in [-0.3, -0.25) is 19.2 Å².